The highest BCUT2D eigenvalue weighted by Crippen LogP contribution is 2.06. The Labute approximate surface area is 106 Å². The Morgan fingerprint density at radius 2 is 2.17 bits per heavy atom. The Morgan fingerprint density at radius 1 is 1.50 bits per heavy atom. The van der Waals surface area contributed by atoms with Crippen molar-refractivity contribution in [2.75, 3.05) is 18.1 Å². The second-order valence-electron chi connectivity index (χ2n) is 4.49. The van der Waals surface area contributed by atoms with Gasteiger partial charge in [0.25, 0.3) is 0 Å². The molecule has 0 aliphatic rings. The summed E-state index contributed by atoms with van der Waals surface area (Å²) in [5.74, 6) is 0.289. The SMILES string of the molecule is CC(C)(CNc1nccc(C#N)n1)NS(C)(=O)=O. The van der Waals surface area contributed by atoms with Crippen LogP contribution in [0.15, 0.2) is 12.3 Å². The molecule has 0 saturated heterocycles. The van der Waals surface area contributed by atoms with Crippen molar-refractivity contribution in [3.05, 3.63) is 18.0 Å². The van der Waals surface area contributed by atoms with Crippen LogP contribution in [0.1, 0.15) is 19.5 Å². The third kappa shape index (κ3) is 5.07. The Morgan fingerprint density at radius 3 is 2.72 bits per heavy atom. The topological polar surface area (TPSA) is 108 Å². The van der Waals surface area contributed by atoms with Gasteiger partial charge < -0.3 is 5.32 Å². The molecule has 0 radical (unpaired) electrons. The van der Waals surface area contributed by atoms with Crippen molar-refractivity contribution in [1.82, 2.24) is 14.7 Å². The fourth-order valence-corrected chi connectivity index (χ4v) is 2.42. The normalized spacial score (nSPS) is 11.9. The van der Waals surface area contributed by atoms with Gasteiger partial charge in [-0.1, -0.05) is 0 Å². The van der Waals surface area contributed by atoms with E-state index in [4.69, 9.17) is 5.26 Å². The van der Waals surface area contributed by atoms with E-state index in [1.165, 1.54) is 12.3 Å². The maximum Gasteiger partial charge on any atom is 0.223 e. The first-order valence-electron chi connectivity index (χ1n) is 5.18. The van der Waals surface area contributed by atoms with E-state index in [2.05, 4.69) is 20.0 Å². The van der Waals surface area contributed by atoms with Crippen molar-refractivity contribution >= 4 is 16.0 Å². The van der Waals surface area contributed by atoms with Crippen LogP contribution < -0.4 is 10.0 Å². The van der Waals surface area contributed by atoms with Gasteiger partial charge in [0.1, 0.15) is 11.8 Å². The van der Waals surface area contributed by atoms with E-state index in [1.807, 2.05) is 6.07 Å². The number of hydrogen-bond acceptors (Lipinski definition) is 6. The minimum atomic E-state index is -3.28. The van der Waals surface area contributed by atoms with Gasteiger partial charge in [0.2, 0.25) is 16.0 Å². The Hall–Kier alpha value is -1.72. The van der Waals surface area contributed by atoms with Crippen molar-refractivity contribution in [2.45, 2.75) is 19.4 Å². The van der Waals surface area contributed by atoms with Gasteiger partial charge >= 0.3 is 0 Å². The molecule has 0 aliphatic carbocycles. The molecule has 0 unspecified atom stereocenters. The van der Waals surface area contributed by atoms with E-state index in [9.17, 15) is 8.42 Å². The van der Waals surface area contributed by atoms with Crippen molar-refractivity contribution in [1.29, 1.82) is 5.26 Å². The standard InChI is InChI=1S/C10H15N5O2S/c1-10(2,15-18(3,16)17)7-13-9-12-5-4-8(6-11)14-9/h4-5,15H,7H2,1-3H3,(H,12,13,14). The molecule has 2 N–H and O–H groups in total. The molecule has 1 rings (SSSR count). The molecule has 0 fully saturated rings. The van der Waals surface area contributed by atoms with Gasteiger partial charge in [-0.3, -0.25) is 0 Å². The van der Waals surface area contributed by atoms with Crippen LogP contribution in [0.3, 0.4) is 0 Å². The Kier molecular flexibility index (Phi) is 4.21. The molecule has 8 heteroatoms. The molecule has 0 aliphatic heterocycles. The van der Waals surface area contributed by atoms with Crippen molar-refractivity contribution in [2.24, 2.45) is 0 Å². The molecule has 1 aromatic rings. The highest BCUT2D eigenvalue weighted by atomic mass is 32.2. The molecule has 1 aromatic heterocycles. The van der Waals surface area contributed by atoms with Gasteiger partial charge in [0, 0.05) is 18.3 Å². The minimum absolute atomic E-state index is 0.251. The van der Waals surface area contributed by atoms with Gasteiger partial charge in [0.15, 0.2) is 0 Å². The average Bonchev–Trinajstić information content (AvgIpc) is 2.24. The molecule has 0 bridgehead atoms. The number of nitriles is 1. The Balaban J connectivity index is 2.67. The largest absolute Gasteiger partial charge is 0.352 e. The molecule has 98 valence electrons. The van der Waals surface area contributed by atoms with E-state index >= 15 is 0 Å². The smallest absolute Gasteiger partial charge is 0.223 e. The molecule has 7 nitrogen and oxygen atoms in total. The van der Waals surface area contributed by atoms with Crippen LogP contribution in [0.5, 0.6) is 0 Å². The van der Waals surface area contributed by atoms with Gasteiger partial charge in [-0.15, -0.1) is 0 Å². The van der Waals surface area contributed by atoms with Crippen molar-refractivity contribution in [3.8, 4) is 6.07 Å². The average molecular weight is 269 g/mol. The van der Waals surface area contributed by atoms with E-state index in [1.54, 1.807) is 13.8 Å². The first-order chi connectivity index (χ1) is 8.22. The second kappa shape index (κ2) is 5.29. The number of nitrogens with zero attached hydrogens (tertiary/aromatic N) is 3. The number of sulfonamides is 1. The van der Waals surface area contributed by atoms with Crippen molar-refractivity contribution in [3.63, 3.8) is 0 Å². The predicted octanol–water partition coefficient (Wildman–Crippen LogP) is 0.0880. The summed E-state index contributed by atoms with van der Waals surface area (Å²) in [5.41, 5.74) is -0.430. The van der Waals surface area contributed by atoms with E-state index in [0.717, 1.165) is 6.26 Å². The molecule has 0 spiro atoms. The maximum atomic E-state index is 11.1. The fraction of sp³-hybridized carbons (Fsp3) is 0.500. The molecular weight excluding hydrogens is 254 g/mol. The van der Waals surface area contributed by atoms with Gasteiger partial charge in [-0.2, -0.15) is 5.26 Å². The van der Waals surface area contributed by atoms with Gasteiger partial charge in [-0.25, -0.2) is 23.1 Å². The summed E-state index contributed by atoms with van der Waals surface area (Å²) in [7, 11) is -3.28. The molecule has 0 atom stereocenters. The van der Waals surface area contributed by atoms with Crippen molar-refractivity contribution < 1.29 is 8.42 Å². The highest BCUT2D eigenvalue weighted by Gasteiger charge is 2.22. The van der Waals surface area contributed by atoms with Crippen LogP contribution in [0, 0.1) is 11.3 Å². The molecular formula is C10H15N5O2S. The molecule has 0 amide bonds. The van der Waals surface area contributed by atoms with Gasteiger partial charge in [-0.05, 0) is 19.9 Å². The van der Waals surface area contributed by atoms with Gasteiger partial charge in [0.05, 0.1) is 6.26 Å². The van der Waals surface area contributed by atoms with Crippen LogP contribution in [0.25, 0.3) is 0 Å². The lowest BCUT2D eigenvalue weighted by Crippen LogP contribution is -2.47. The number of nitrogens with one attached hydrogen (secondary N) is 2. The zero-order chi connectivity index (χ0) is 13.8. The summed E-state index contributed by atoms with van der Waals surface area (Å²) in [6.45, 7) is 3.76. The maximum absolute atomic E-state index is 11.1. The summed E-state index contributed by atoms with van der Waals surface area (Å²) in [4.78, 5) is 7.87. The van der Waals surface area contributed by atoms with Crippen LogP contribution >= 0.6 is 0 Å². The number of hydrogen-bond donors (Lipinski definition) is 2. The molecule has 1 heterocycles. The lowest BCUT2D eigenvalue weighted by Gasteiger charge is -2.25. The van der Waals surface area contributed by atoms with Crippen LogP contribution in [-0.4, -0.2) is 36.7 Å². The third-order valence-corrected chi connectivity index (χ3v) is 2.84. The lowest BCUT2D eigenvalue weighted by molar-refractivity contribution is 0.475. The molecule has 18 heavy (non-hydrogen) atoms. The molecule has 0 aromatic carbocycles. The summed E-state index contributed by atoms with van der Waals surface area (Å²) in [5, 5.41) is 11.6. The first-order valence-corrected chi connectivity index (χ1v) is 7.07. The highest BCUT2D eigenvalue weighted by molar-refractivity contribution is 7.88. The summed E-state index contributed by atoms with van der Waals surface area (Å²) < 4.78 is 24.8. The minimum Gasteiger partial charge on any atom is -0.352 e. The zero-order valence-corrected chi connectivity index (χ0v) is 11.2. The second-order valence-corrected chi connectivity index (χ2v) is 6.24. The predicted molar refractivity (Wildman–Crippen MR) is 67.3 cm³/mol. The number of aromatic nitrogens is 2. The Bertz CT molecular complexity index is 562. The zero-order valence-electron chi connectivity index (χ0n) is 10.4. The quantitative estimate of drug-likeness (QED) is 0.784. The van der Waals surface area contributed by atoms with E-state index < -0.39 is 15.6 Å². The summed E-state index contributed by atoms with van der Waals surface area (Å²) in [6.07, 6.45) is 2.56. The van der Waals surface area contributed by atoms with Crippen LogP contribution in [0.2, 0.25) is 0 Å². The summed E-state index contributed by atoms with van der Waals surface area (Å²) in [6, 6.07) is 3.39. The van der Waals surface area contributed by atoms with Crippen LogP contribution in [-0.2, 0) is 10.0 Å². The monoisotopic (exact) mass is 269 g/mol. The van der Waals surface area contributed by atoms with E-state index in [0.29, 0.717) is 6.54 Å². The first kappa shape index (κ1) is 14.3. The number of rotatable bonds is 5. The third-order valence-electron chi connectivity index (χ3n) is 1.92. The fourth-order valence-electron chi connectivity index (χ4n) is 1.34. The summed E-state index contributed by atoms with van der Waals surface area (Å²) >= 11 is 0. The van der Waals surface area contributed by atoms with Crippen LogP contribution in [0.4, 0.5) is 5.95 Å². The van der Waals surface area contributed by atoms with E-state index in [-0.39, 0.29) is 11.6 Å². The number of anilines is 1. The lowest BCUT2D eigenvalue weighted by atomic mass is 10.1. The molecule has 0 saturated carbocycles.